The molecule has 0 saturated carbocycles. The predicted molar refractivity (Wildman–Crippen MR) is 62.9 cm³/mol. The fraction of sp³-hybridized carbons (Fsp3) is 0.500. The molecular formula is C8H13ClN4S. The van der Waals surface area contributed by atoms with Crippen molar-refractivity contribution < 1.29 is 0 Å². The van der Waals surface area contributed by atoms with Crippen LogP contribution in [0.4, 0.5) is 11.8 Å². The molecular weight excluding hydrogens is 220 g/mol. The zero-order chi connectivity index (χ0) is 10.6. The molecule has 0 aliphatic rings. The Morgan fingerprint density at radius 3 is 2.93 bits per heavy atom. The number of nitrogens with one attached hydrogen (secondary N) is 1. The molecule has 1 heterocycles. The Kier molecular flexibility index (Phi) is 4.28. The Morgan fingerprint density at radius 1 is 1.64 bits per heavy atom. The van der Waals surface area contributed by atoms with Crippen LogP contribution in [0.25, 0.3) is 0 Å². The second-order valence-electron chi connectivity index (χ2n) is 2.93. The summed E-state index contributed by atoms with van der Waals surface area (Å²) in [7, 11) is 0. The maximum Gasteiger partial charge on any atom is 0.223 e. The standard InChI is InChI=1S/C8H13ClN4S/c1-5(4-14-2)11-7-3-6(9)12-8(10)13-7/h3,5H,4H2,1-2H3,(H3,10,11,12,13). The van der Waals surface area contributed by atoms with Crippen molar-refractivity contribution in [1.82, 2.24) is 9.97 Å². The number of hydrogen-bond acceptors (Lipinski definition) is 5. The molecule has 1 atom stereocenters. The Morgan fingerprint density at radius 2 is 2.36 bits per heavy atom. The second kappa shape index (κ2) is 5.26. The van der Waals surface area contributed by atoms with Gasteiger partial charge in [-0.2, -0.15) is 16.7 Å². The number of nitrogens with zero attached hydrogens (tertiary/aromatic N) is 2. The first-order valence-electron chi connectivity index (χ1n) is 4.17. The molecule has 0 radical (unpaired) electrons. The van der Waals surface area contributed by atoms with Crippen molar-refractivity contribution in [3.8, 4) is 0 Å². The zero-order valence-corrected chi connectivity index (χ0v) is 9.69. The summed E-state index contributed by atoms with van der Waals surface area (Å²) in [5.41, 5.74) is 5.46. The first kappa shape index (κ1) is 11.4. The van der Waals surface area contributed by atoms with E-state index in [1.807, 2.05) is 0 Å². The summed E-state index contributed by atoms with van der Waals surface area (Å²) in [6, 6.07) is 1.99. The highest BCUT2D eigenvalue weighted by Gasteiger charge is 2.04. The minimum absolute atomic E-state index is 0.191. The monoisotopic (exact) mass is 232 g/mol. The van der Waals surface area contributed by atoms with Crippen LogP contribution in [0.2, 0.25) is 5.15 Å². The molecule has 0 aliphatic carbocycles. The van der Waals surface area contributed by atoms with Crippen molar-refractivity contribution in [2.45, 2.75) is 13.0 Å². The SMILES string of the molecule is CSCC(C)Nc1cc(Cl)nc(N)n1. The van der Waals surface area contributed by atoms with Crippen LogP contribution in [0.1, 0.15) is 6.92 Å². The molecule has 1 rings (SSSR count). The van der Waals surface area contributed by atoms with E-state index in [4.69, 9.17) is 17.3 Å². The fourth-order valence-electron chi connectivity index (χ4n) is 1.05. The van der Waals surface area contributed by atoms with Gasteiger partial charge in [-0.25, -0.2) is 4.98 Å². The Balaban J connectivity index is 2.66. The lowest BCUT2D eigenvalue weighted by atomic mass is 10.4. The highest BCUT2D eigenvalue weighted by molar-refractivity contribution is 7.98. The first-order valence-corrected chi connectivity index (χ1v) is 5.94. The Bertz CT molecular complexity index is 287. The average molecular weight is 233 g/mol. The third kappa shape index (κ3) is 3.59. The number of halogens is 1. The van der Waals surface area contributed by atoms with E-state index < -0.39 is 0 Å². The van der Waals surface area contributed by atoms with Gasteiger partial charge < -0.3 is 11.1 Å². The summed E-state index contributed by atoms with van der Waals surface area (Å²) < 4.78 is 0. The lowest BCUT2D eigenvalue weighted by molar-refractivity contribution is 0.901. The number of nitrogens with two attached hydrogens (primary N) is 1. The van der Waals surface area contributed by atoms with Gasteiger partial charge >= 0.3 is 0 Å². The van der Waals surface area contributed by atoms with Crippen LogP contribution < -0.4 is 11.1 Å². The Hall–Kier alpha value is -0.680. The fourth-order valence-corrected chi connectivity index (χ4v) is 1.83. The molecule has 0 bridgehead atoms. The number of thioether (sulfide) groups is 1. The smallest absolute Gasteiger partial charge is 0.223 e. The molecule has 14 heavy (non-hydrogen) atoms. The number of aromatic nitrogens is 2. The van der Waals surface area contributed by atoms with Gasteiger partial charge in [0.25, 0.3) is 0 Å². The molecule has 0 aromatic carbocycles. The highest BCUT2D eigenvalue weighted by atomic mass is 35.5. The van der Waals surface area contributed by atoms with Crippen LogP contribution in [0.3, 0.4) is 0 Å². The summed E-state index contributed by atoms with van der Waals surface area (Å²) in [6.07, 6.45) is 2.06. The third-order valence-corrected chi connectivity index (χ3v) is 2.55. The van der Waals surface area contributed by atoms with E-state index in [0.29, 0.717) is 17.0 Å². The van der Waals surface area contributed by atoms with Crippen LogP contribution in [-0.2, 0) is 0 Å². The summed E-state index contributed by atoms with van der Waals surface area (Å²) in [5.74, 6) is 1.86. The van der Waals surface area contributed by atoms with Crippen molar-refractivity contribution in [2.75, 3.05) is 23.1 Å². The van der Waals surface area contributed by atoms with Crippen molar-refractivity contribution in [2.24, 2.45) is 0 Å². The molecule has 4 nitrogen and oxygen atoms in total. The number of hydrogen-bond donors (Lipinski definition) is 2. The van der Waals surface area contributed by atoms with Crippen molar-refractivity contribution in [3.05, 3.63) is 11.2 Å². The summed E-state index contributed by atoms with van der Waals surface area (Å²) >= 11 is 7.50. The quantitative estimate of drug-likeness (QED) is 0.777. The van der Waals surface area contributed by atoms with Gasteiger partial charge in [0.2, 0.25) is 5.95 Å². The zero-order valence-electron chi connectivity index (χ0n) is 8.12. The van der Waals surface area contributed by atoms with Crippen LogP contribution >= 0.6 is 23.4 Å². The maximum atomic E-state index is 5.73. The van der Waals surface area contributed by atoms with E-state index in [1.54, 1.807) is 17.8 Å². The molecule has 0 fully saturated rings. The minimum Gasteiger partial charge on any atom is -0.368 e. The topological polar surface area (TPSA) is 63.8 Å². The summed E-state index contributed by atoms with van der Waals surface area (Å²) in [5, 5.41) is 3.55. The maximum absolute atomic E-state index is 5.73. The van der Waals surface area contributed by atoms with Gasteiger partial charge in [0.15, 0.2) is 0 Å². The Labute approximate surface area is 92.6 Å². The normalized spacial score (nSPS) is 12.5. The molecule has 0 aliphatic heterocycles. The highest BCUT2D eigenvalue weighted by Crippen LogP contribution is 2.13. The number of nitrogen functional groups attached to an aromatic ring is 1. The van der Waals surface area contributed by atoms with E-state index >= 15 is 0 Å². The summed E-state index contributed by atoms with van der Waals surface area (Å²) in [6.45, 7) is 2.07. The van der Waals surface area contributed by atoms with Crippen LogP contribution in [0.15, 0.2) is 6.07 Å². The lowest BCUT2D eigenvalue weighted by Gasteiger charge is -2.13. The van der Waals surface area contributed by atoms with E-state index in [-0.39, 0.29) is 5.95 Å². The molecule has 1 aromatic rings. The molecule has 78 valence electrons. The second-order valence-corrected chi connectivity index (χ2v) is 4.23. The van der Waals surface area contributed by atoms with Gasteiger partial charge in [-0.05, 0) is 13.2 Å². The first-order chi connectivity index (χ1) is 6.61. The van der Waals surface area contributed by atoms with Gasteiger partial charge in [-0.3, -0.25) is 0 Å². The van der Waals surface area contributed by atoms with Crippen LogP contribution in [0.5, 0.6) is 0 Å². The average Bonchev–Trinajstić information content (AvgIpc) is 2.01. The lowest BCUT2D eigenvalue weighted by Crippen LogP contribution is -2.19. The number of anilines is 2. The molecule has 0 saturated heterocycles. The van der Waals surface area contributed by atoms with Gasteiger partial charge in [-0.15, -0.1) is 0 Å². The van der Waals surface area contributed by atoms with Crippen molar-refractivity contribution in [3.63, 3.8) is 0 Å². The van der Waals surface area contributed by atoms with Crippen LogP contribution in [0, 0.1) is 0 Å². The third-order valence-electron chi connectivity index (χ3n) is 1.52. The molecule has 6 heteroatoms. The van der Waals surface area contributed by atoms with E-state index in [2.05, 4.69) is 28.5 Å². The van der Waals surface area contributed by atoms with Crippen LogP contribution in [-0.4, -0.2) is 28.0 Å². The largest absolute Gasteiger partial charge is 0.368 e. The van der Waals surface area contributed by atoms with E-state index in [0.717, 1.165) is 5.75 Å². The van der Waals surface area contributed by atoms with E-state index in [9.17, 15) is 0 Å². The number of rotatable bonds is 4. The van der Waals surface area contributed by atoms with E-state index in [1.165, 1.54) is 0 Å². The minimum atomic E-state index is 0.191. The van der Waals surface area contributed by atoms with Gasteiger partial charge in [0.05, 0.1) is 0 Å². The summed E-state index contributed by atoms with van der Waals surface area (Å²) in [4.78, 5) is 7.79. The molecule has 1 aromatic heterocycles. The van der Waals surface area contributed by atoms with Gasteiger partial charge in [0, 0.05) is 17.9 Å². The molecule has 3 N–H and O–H groups in total. The van der Waals surface area contributed by atoms with Crippen molar-refractivity contribution in [1.29, 1.82) is 0 Å². The van der Waals surface area contributed by atoms with Crippen molar-refractivity contribution >= 4 is 35.1 Å². The molecule has 0 spiro atoms. The van der Waals surface area contributed by atoms with Gasteiger partial charge in [-0.1, -0.05) is 11.6 Å². The molecule has 1 unspecified atom stereocenters. The molecule has 0 amide bonds. The van der Waals surface area contributed by atoms with Gasteiger partial charge in [0.1, 0.15) is 11.0 Å². The predicted octanol–water partition coefficient (Wildman–Crippen LogP) is 1.88.